The minimum absolute atomic E-state index is 0.127. The summed E-state index contributed by atoms with van der Waals surface area (Å²) in [6.07, 6.45) is 1.61. The van der Waals surface area contributed by atoms with Gasteiger partial charge in [-0.2, -0.15) is 4.31 Å². The van der Waals surface area contributed by atoms with E-state index in [1.807, 2.05) is 6.07 Å². The molecule has 2 aliphatic rings. The summed E-state index contributed by atoms with van der Waals surface area (Å²) in [6, 6.07) is 9.79. The van der Waals surface area contributed by atoms with Gasteiger partial charge in [-0.25, -0.2) is 13.4 Å². The fourth-order valence-electron chi connectivity index (χ4n) is 3.66. The SMILES string of the molecule is O=C(c1ccc(N2CCNCC2)nc1)N1CCN(S(=O)(=O)c2ccc(Cl)cc2)CC1. The molecule has 0 bridgehead atoms. The first-order valence-electron chi connectivity index (χ1n) is 9.92. The van der Waals surface area contributed by atoms with Gasteiger partial charge in [-0.3, -0.25) is 4.79 Å². The van der Waals surface area contributed by atoms with E-state index in [2.05, 4.69) is 15.2 Å². The van der Waals surface area contributed by atoms with Crippen molar-refractivity contribution in [3.05, 3.63) is 53.2 Å². The quantitative estimate of drug-likeness (QED) is 0.757. The van der Waals surface area contributed by atoms with Gasteiger partial charge in [0.05, 0.1) is 10.5 Å². The number of rotatable bonds is 4. The number of anilines is 1. The molecular formula is C20H24ClN5O3S. The molecule has 1 amide bonds. The van der Waals surface area contributed by atoms with Gasteiger partial charge in [0.15, 0.2) is 0 Å². The predicted molar refractivity (Wildman–Crippen MR) is 115 cm³/mol. The second-order valence-electron chi connectivity index (χ2n) is 7.29. The van der Waals surface area contributed by atoms with E-state index in [-0.39, 0.29) is 23.9 Å². The molecule has 1 N–H and O–H groups in total. The molecule has 3 heterocycles. The fraction of sp³-hybridized carbons (Fsp3) is 0.400. The van der Waals surface area contributed by atoms with Crippen molar-refractivity contribution in [1.29, 1.82) is 0 Å². The zero-order valence-corrected chi connectivity index (χ0v) is 18.1. The standard InChI is InChI=1S/C20H24ClN5O3S/c21-17-2-4-18(5-3-17)30(28,29)26-13-11-25(12-14-26)20(27)16-1-6-19(23-15-16)24-9-7-22-8-10-24/h1-6,15,22H,7-14H2. The number of carbonyl (C=O) groups excluding carboxylic acids is 1. The molecule has 0 saturated carbocycles. The molecule has 2 saturated heterocycles. The minimum atomic E-state index is -3.60. The highest BCUT2D eigenvalue weighted by atomic mass is 35.5. The summed E-state index contributed by atoms with van der Waals surface area (Å²) in [4.78, 5) is 21.4. The highest BCUT2D eigenvalue weighted by Crippen LogP contribution is 2.21. The summed E-state index contributed by atoms with van der Waals surface area (Å²) in [5.74, 6) is 0.741. The molecule has 0 radical (unpaired) electrons. The van der Waals surface area contributed by atoms with Crippen molar-refractivity contribution in [3.63, 3.8) is 0 Å². The van der Waals surface area contributed by atoms with Gasteiger partial charge in [-0.1, -0.05) is 11.6 Å². The van der Waals surface area contributed by atoms with E-state index in [0.717, 1.165) is 32.0 Å². The van der Waals surface area contributed by atoms with E-state index < -0.39 is 10.0 Å². The minimum Gasteiger partial charge on any atom is -0.354 e. The summed E-state index contributed by atoms with van der Waals surface area (Å²) < 4.78 is 27.0. The molecular weight excluding hydrogens is 426 g/mol. The normalized spacial score (nSPS) is 18.4. The van der Waals surface area contributed by atoms with Gasteiger partial charge in [0.1, 0.15) is 5.82 Å². The maximum Gasteiger partial charge on any atom is 0.255 e. The predicted octanol–water partition coefficient (Wildman–Crippen LogP) is 1.29. The first kappa shape index (κ1) is 21.0. The first-order valence-corrected chi connectivity index (χ1v) is 11.7. The van der Waals surface area contributed by atoms with Crippen LogP contribution in [-0.4, -0.2) is 80.9 Å². The monoisotopic (exact) mass is 449 g/mol. The van der Waals surface area contributed by atoms with Crippen LogP contribution in [0, 0.1) is 0 Å². The number of nitrogens with zero attached hydrogens (tertiary/aromatic N) is 4. The second kappa shape index (κ2) is 8.89. The number of benzene rings is 1. The molecule has 2 aliphatic heterocycles. The zero-order chi connectivity index (χ0) is 21.1. The van der Waals surface area contributed by atoms with E-state index in [4.69, 9.17) is 11.6 Å². The number of hydrogen-bond acceptors (Lipinski definition) is 6. The van der Waals surface area contributed by atoms with Crippen LogP contribution < -0.4 is 10.2 Å². The second-order valence-corrected chi connectivity index (χ2v) is 9.67. The molecule has 8 nitrogen and oxygen atoms in total. The van der Waals surface area contributed by atoms with Crippen molar-refractivity contribution >= 4 is 33.3 Å². The Bertz CT molecular complexity index is 984. The number of halogens is 1. The maximum absolute atomic E-state index is 12.8. The number of carbonyl (C=O) groups is 1. The molecule has 30 heavy (non-hydrogen) atoms. The van der Waals surface area contributed by atoms with Crippen molar-refractivity contribution in [2.75, 3.05) is 57.3 Å². The van der Waals surface area contributed by atoms with Crippen LogP contribution in [0.25, 0.3) is 0 Å². The van der Waals surface area contributed by atoms with Gasteiger partial charge in [-0.05, 0) is 36.4 Å². The Kier molecular flexibility index (Phi) is 6.24. The van der Waals surface area contributed by atoms with Crippen LogP contribution in [0.5, 0.6) is 0 Å². The lowest BCUT2D eigenvalue weighted by Gasteiger charge is -2.34. The Morgan fingerprint density at radius 3 is 2.20 bits per heavy atom. The molecule has 0 aliphatic carbocycles. The summed E-state index contributed by atoms with van der Waals surface area (Å²) >= 11 is 5.85. The average molecular weight is 450 g/mol. The number of piperazine rings is 2. The van der Waals surface area contributed by atoms with Crippen LogP contribution >= 0.6 is 11.6 Å². The molecule has 4 rings (SSSR count). The number of hydrogen-bond donors (Lipinski definition) is 1. The van der Waals surface area contributed by atoms with E-state index in [0.29, 0.717) is 23.7 Å². The molecule has 0 unspecified atom stereocenters. The fourth-order valence-corrected chi connectivity index (χ4v) is 5.21. The smallest absolute Gasteiger partial charge is 0.255 e. The largest absolute Gasteiger partial charge is 0.354 e. The van der Waals surface area contributed by atoms with Crippen LogP contribution in [0.2, 0.25) is 5.02 Å². The number of aromatic nitrogens is 1. The van der Waals surface area contributed by atoms with Crippen molar-refractivity contribution in [3.8, 4) is 0 Å². The number of nitrogens with one attached hydrogen (secondary N) is 1. The Hall–Kier alpha value is -2.20. The van der Waals surface area contributed by atoms with Gasteiger partial charge >= 0.3 is 0 Å². The van der Waals surface area contributed by atoms with Gasteiger partial charge in [0.2, 0.25) is 10.0 Å². The van der Waals surface area contributed by atoms with Crippen molar-refractivity contribution in [2.24, 2.45) is 0 Å². The molecule has 10 heteroatoms. The Balaban J connectivity index is 1.37. The highest BCUT2D eigenvalue weighted by molar-refractivity contribution is 7.89. The lowest BCUT2D eigenvalue weighted by Crippen LogP contribution is -2.50. The molecule has 2 aromatic rings. The maximum atomic E-state index is 12.8. The lowest BCUT2D eigenvalue weighted by molar-refractivity contribution is 0.0697. The number of amides is 1. The highest BCUT2D eigenvalue weighted by Gasteiger charge is 2.30. The van der Waals surface area contributed by atoms with Crippen molar-refractivity contribution in [1.82, 2.24) is 19.5 Å². The third kappa shape index (κ3) is 4.44. The first-order chi connectivity index (χ1) is 14.4. The Morgan fingerprint density at radius 2 is 1.60 bits per heavy atom. The van der Waals surface area contributed by atoms with Gasteiger partial charge < -0.3 is 15.1 Å². The number of pyridine rings is 1. The average Bonchev–Trinajstić information content (AvgIpc) is 2.80. The molecule has 2 fully saturated rings. The van der Waals surface area contributed by atoms with E-state index in [1.54, 1.807) is 29.3 Å². The molecule has 1 aromatic heterocycles. The van der Waals surface area contributed by atoms with Crippen LogP contribution in [0.3, 0.4) is 0 Å². The van der Waals surface area contributed by atoms with Gasteiger partial charge in [0.25, 0.3) is 5.91 Å². The zero-order valence-electron chi connectivity index (χ0n) is 16.5. The van der Waals surface area contributed by atoms with Crippen molar-refractivity contribution in [2.45, 2.75) is 4.90 Å². The van der Waals surface area contributed by atoms with Crippen molar-refractivity contribution < 1.29 is 13.2 Å². The third-order valence-electron chi connectivity index (χ3n) is 5.41. The molecule has 1 aromatic carbocycles. The van der Waals surface area contributed by atoms with E-state index in [9.17, 15) is 13.2 Å². The summed E-state index contributed by atoms with van der Waals surface area (Å²) in [5.41, 5.74) is 0.517. The molecule has 0 spiro atoms. The van der Waals surface area contributed by atoms with Gasteiger partial charge in [-0.15, -0.1) is 0 Å². The Morgan fingerprint density at radius 1 is 0.933 bits per heavy atom. The van der Waals surface area contributed by atoms with Crippen LogP contribution in [0.4, 0.5) is 5.82 Å². The van der Waals surface area contributed by atoms with E-state index in [1.165, 1.54) is 16.4 Å². The van der Waals surface area contributed by atoms with Crippen LogP contribution in [-0.2, 0) is 10.0 Å². The topological polar surface area (TPSA) is 85.8 Å². The molecule has 0 atom stereocenters. The van der Waals surface area contributed by atoms with Crippen LogP contribution in [0.15, 0.2) is 47.5 Å². The summed E-state index contributed by atoms with van der Waals surface area (Å²) in [6.45, 7) is 4.81. The number of sulfonamides is 1. The van der Waals surface area contributed by atoms with E-state index >= 15 is 0 Å². The van der Waals surface area contributed by atoms with Gasteiger partial charge in [0, 0.05) is 63.6 Å². The lowest BCUT2D eigenvalue weighted by atomic mass is 10.2. The summed E-state index contributed by atoms with van der Waals surface area (Å²) in [5, 5.41) is 3.79. The third-order valence-corrected chi connectivity index (χ3v) is 7.58. The van der Waals surface area contributed by atoms with Crippen LogP contribution in [0.1, 0.15) is 10.4 Å². The summed E-state index contributed by atoms with van der Waals surface area (Å²) in [7, 11) is -3.60. The Labute approximate surface area is 181 Å². The molecule has 160 valence electrons.